The van der Waals surface area contributed by atoms with Crippen molar-refractivity contribution in [3.63, 3.8) is 0 Å². The van der Waals surface area contributed by atoms with Crippen LogP contribution in [0, 0.1) is 5.82 Å². The monoisotopic (exact) mass is 339 g/mol. The van der Waals surface area contributed by atoms with Crippen LogP contribution >= 0.6 is 12.4 Å². The smallest absolute Gasteiger partial charge is 0.276 e. The van der Waals surface area contributed by atoms with E-state index in [1.807, 2.05) is 0 Å². The quantitative estimate of drug-likeness (QED) is 0.918. The molecule has 0 bridgehead atoms. The summed E-state index contributed by atoms with van der Waals surface area (Å²) in [6, 6.07) is 6.45. The highest BCUT2D eigenvalue weighted by Gasteiger charge is 2.23. The predicted molar refractivity (Wildman–Crippen MR) is 85.9 cm³/mol. The summed E-state index contributed by atoms with van der Waals surface area (Å²) in [7, 11) is 0. The molecule has 2 heterocycles. The van der Waals surface area contributed by atoms with E-state index in [1.54, 1.807) is 23.2 Å². The molecule has 124 valence electrons. The molecule has 0 saturated carbocycles. The van der Waals surface area contributed by atoms with Gasteiger partial charge in [-0.3, -0.25) is 4.79 Å². The van der Waals surface area contributed by atoms with Crippen molar-refractivity contribution in [3.05, 3.63) is 47.5 Å². The average molecular weight is 340 g/mol. The van der Waals surface area contributed by atoms with Gasteiger partial charge < -0.3 is 10.6 Å². The molecule has 1 fully saturated rings. The van der Waals surface area contributed by atoms with Crippen LogP contribution in [0.15, 0.2) is 30.5 Å². The second-order valence-corrected chi connectivity index (χ2v) is 5.56. The van der Waals surface area contributed by atoms with Crippen LogP contribution in [0.5, 0.6) is 0 Å². The Labute approximate surface area is 139 Å². The van der Waals surface area contributed by atoms with Gasteiger partial charge in [0, 0.05) is 19.1 Å². The maximum absolute atomic E-state index is 13.2. The Balaban J connectivity index is 0.00000192. The maximum Gasteiger partial charge on any atom is 0.276 e. The molecule has 0 atom stereocenters. The van der Waals surface area contributed by atoms with Crippen molar-refractivity contribution in [3.8, 4) is 0 Å². The van der Waals surface area contributed by atoms with Crippen LogP contribution in [0.25, 0.3) is 0 Å². The number of carbonyl (C=O) groups excluding carboxylic acids is 1. The first-order valence-electron chi connectivity index (χ1n) is 7.31. The van der Waals surface area contributed by atoms with Crippen molar-refractivity contribution < 1.29 is 9.18 Å². The van der Waals surface area contributed by atoms with Gasteiger partial charge in [-0.05, 0) is 30.5 Å². The lowest BCUT2D eigenvalue weighted by molar-refractivity contribution is 0.0708. The topological polar surface area (TPSA) is 77.0 Å². The molecule has 0 aliphatic carbocycles. The Hall–Kier alpha value is -1.99. The third-order valence-electron chi connectivity index (χ3n) is 3.82. The molecular formula is C15H19ClFN5O. The van der Waals surface area contributed by atoms with Gasteiger partial charge in [-0.1, -0.05) is 17.3 Å². The lowest BCUT2D eigenvalue weighted by Crippen LogP contribution is -2.43. The van der Waals surface area contributed by atoms with Gasteiger partial charge in [-0.15, -0.1) is 17.5 Å². The molecule has 1 aromatic carbocycles. The summed E-state index contributed by atoms with van der Waals surface area (Å²) in [4.78, 5) is 14.1. The van der Waals surface area contributed by atoms with Crippen LogP contribution in [-0.2, 0) is 6.54 Å². The number of benzene rings is 1. The highest BCUT2D eigenvalue weighted by molar-refractivity contribution is 5.92. The lowest BCUT2D eigenvalue weighted by Gasteiger charge is -2.29. The van der Waals surface area contributed by atoms with E-state index in [4.69, 9.17) is 5.73 Å². The van der Waals surface area contributed by atoms with Crippen LogP contribution < -0.4 is 5.73 Å². The Morgan fingerprint density at radius 1 is 1.35 bits per heavy atom. The number of nitrogens with zero attached hydrogens (tertiary/aromatic N) is 4. The van der Waals surface area contributed by atoms with Crippen molar-refractivity contribution in [2.75, 3.05) is 13.1 Å². The van der Waals surface area contributed by atoms with Crippen LogP contribution in [0.1, 0.15) is 28.9 Å². The Bertz CT molecular complexity index is 669. The number of piperidine rings is 1. The summed E-state index contributed by atoms with van der Waals surface area (Å²) >= 11 is 0. The highest BCUT2D eigenvalue weighted by atomic mass is 35.5. The van der Waals surface area contributed by atoms with Crippen LogP contribution in [0.2, 0.25) is 0 Å². The molecular weight excluding hydrogens is 321 g/mol. The summed E-state index contributed by atoms with van der Waals surface area (Å²) in [5, 5.41) is 7.87. The summed E-state index contributed by atoms with van der Waals surface area (Å²) < 4.78 is 14.7. The second kappa shape index (κ2) is 7.52. The predicted octanol–water partition coefficient (Wildman–Crippen LogP) is 1.45. The van der Waals surface area contributed by atoms with Crippen molar-refractivity contribution in [1.29, 1.82) is 0 Å². The third kappa shape index (κ3) is 4.27. The van der Waals surface area contributed by atoms with Crippen LogP contribution in [0.4, 0.5) is 4.39 Å². The molecule has 23 heavy (non-hydrogen) atoms. The molecule has 2 N–H and O–H groups in total. The van der Waals surface area contributed by atoms with Crippen LogP contribution in [0.3, 0.4) is 0 Å². The number of halogens is 2. The normalized spacial score (nSPS) is 15.3. The summed E-state index contributed by atoms with van der Waals surface area (Å²) in [6.07, 6.45) is 3.22. The molecule has 1 aliphatic heterocycles. The lowest BCUT2D eigenvalue weighted by atomic mass is 10.1. The Kier molecular flexibility index (Phi) is 5.68. The summed E-state index contributed by atoms with van der Waals surface area (Å²) in [5.74, 6) is -0.420. The molecule has 0 spiro atoms. The van der Waals surface area contributed by atoms with E-state index in [0.29, 0.717) is 25.3 Å². The van der Waals surface area contributed by atoms with Gasteiger partial charge in [0.1, 0.15) is 5.82 Å². The highest BCUT2D eigenvalue weighted by Crippen LogP contribution is 2.12. The van der Waals surface area contributed by atoms with E-state index < -0.39 is 0 Å². The fourth-order valence-electron chi connectivity index (χ4n) is 2.56. The van der Waals surface area contributed by atoms with Gasteiger partial charge in [0.05, 0.1) is 12.7 Å². The standard InChI is InChI=1S/C15H18FN5O.ClH/c16-12-3-1-2-11(8-12)9-21-10-14(18-19-21)15(22)20-6-4-13(17)5-7-20;/h1-3,8,10,13H,4-7,9,17H2;1H. The molecule has 1 amide bonds. The average Bonchev–Trinajstić information content (AvgIpc) is 2.96. The second-order valence-electron chi connectivity index (χ2n) is 5.56. The minimum absolute atomic E-state index is 0. The Morgan fingerprint density at radius 3 is 2.78 bits per heavy atom. The summed E-state index contributed by atoms with van der Waals surface area (Å²) in [5.41, 5.74) is 6.92. The number of hydrogen-bond donors (Lipinski definition) is 1. The number of rotatable bonds is 3. The van der Waals surface area contributed by atoms with Gasteiger partial charge >= 0.3 is 0 Å². The van der Waals surface area contributed by atoms with Crippen molar-refractivity contribution >= 4 is 18.3 Å². The fourth-order valence-corrected chi connectivity index (χ4v) is 2.56. The van der Waals surface area contributed by atoms with E-state index in [1.165, 1.54) is 16.8 Å². The number of carbonyl (C=O) groups is 1. The first-order chi connectivity index (χ1) is 10.6. The van der Waals surface area contributed by atoms with Crippen LogP contribution in [-0.4, -0.2) is 44.9 Å². The van der Waals surface area contributed by atoms with Crippen molar-refractivity contribution in [2.45, 2.75) is 25.4 Å². The fraction of sp³-hybridized carbons (Fsp3) is 0.400. The molecule has 8 heteroatoms. The van der Waals surface area contributed by atoms with Crippen molar-refractivity contribution in [1.82, 2.24) is 19.9 Å². The van der Waals surface area contributed by atoms with Crippen molar-refractivity contribution in [2.24, 2.45) is 5.73 Å². The van der Waals surface area contributed by atoms with Gasteiger partial charge in [-0.25, -0.2) is 9.07 Å². The minimum Gasteiger partial charge on any atom is -0.337 e. The summed E-state index contributed by atoms with van der Waals surface area (Å²) in [6.45, 7) is 1.68. The molecule has 3 rings (SSSR count). The van der Waals surface area contributed by atoms with Gasteiger partial charge in [0.15, 0.2) is 5.69 Å². The number of likely N-dealkylation sites (tertiary alicyclic amines) is 1. The molecule has 1 aromatic heterocycles. The minimum atomic E-state index is -0.293. The number of hydrogen-bond acceptors (Lipinski definition) is 4. The number of aromatic nitrogens is 3. The molecule has 6 nitrogen and oxygen atoms in total. The zero-order chi connectivity index (χ0) is 15.5. The van der Waals surface area contributed by atoms with Gasteiger partial charge in [0.2, 0.25) is 0 Å². The first kappa shape index (κ1) is 17.4. The molecule has 2 aromatic rings. The van der Waals surface area contributed by atoms with E-state index >= 15 is 0 Å². The SMILES string of the molecule is Cl.NC1CCN(C(=O)c2cn(Cc3cccc(F)c3)nn2)CC1. The first-order valence-corrected chi connectivity index (χ1v) is 7.31. The zero-order valence-electron chi connectivity index (χ0n) is 12.6. The Morgan fingerprint density at radius 2 is 2.09 bits per heavy atom. The third-order valence-corrected chi connectivity index (χ3v) is 3.82. The molecule has 0 unspecified atom stereocenters. The van der Waals surface area contributed by atoms with E-state index in [0.717, 1.165) is 18.4 Å². The van der Waals surface area contributed by atoms with Gasteiger partial charge in [-0.2, -0.15) is 0 Å². The van der Waals surface area contributed by atoms with E-state index in [2.05, 4.69) is 10.3 Å². The van der Waals surface area contributed by atoms with Gasteiger partial charge in [0.25, 0.3) is 5.91 Å². The van der Waals surface area contributed by atoms with E-state index in [9.17, 15) is 9.18 Å². The maximum atomic E-state index is 13.2. The zero-order valence-corrected chi connectivity index (χ0v) is 13.4. The number of nitrogens with two attached hydrogens (primary N) is 1. The molecule has 1 saturated heterocycles. The van der Waals surface area contributed by atoms with E-state index in [-0.39, 0.29) is 30.2 Å². The molecule has 0 radical (unpaired) electrons. The largest absolute Gasteiger partial charge is 0.337 e. The number of amides is 1. The molecule has 1 aliphatic rings.